The summed E-state index contributed by atoms with van der Waals surface area (Å²) in [6, 6.07) is 2.97. The number of hydrogen-bond donors (Lipinski definition) is 1. The molecule has 1 aromatic carbocycles. The van der Waals surface area contributed by atoms with Gasteiger partial charge in [0.05, 0.1) is 6.42 Å². The molecule has 0 aliphatic carbocycles. The lowest BCUT2D eigenvalue weighted by atomic mass is 10.1. The third-order valence-corrected chi connectivity index (χ3v) is 3.09. The van der Waals surface area contributed by atoms with E-state index in [4.69, 9.17) is 5.11 Å². The number of aliphatic carboxylic acids is 1. The van der Waals surface area contributed by atoms with Crippen LogP contribution in [0.4, 0.5) is 8.78 Å². The Morgan fingerprint density at radius 1 is 1.30 bits per heavy atom. The van der Waals surface area contributed by atoms with Crippen molar-refractivity contribution in [2.75, 3.05) is 6.54 Å². The van der Waals surface area contributed by atoms with Crippen LogP contribution in [0, 0.1) is 11.6 Å². The smallest absolute Gasteiger partial charge is 0.323 e. The number of benzene rings is 1. The first-order chi connectivity index (χ1) is 9.35. The molecule has 0 aliphatic rings. The van der Waals surface area contributed by atoms with Crippen LogP contribution in [0.25, 0.3) is 0 Å². The SMILES string of the molecule is CCC(C)N(CC(=O)O)C(=O)Cc1ccc(F)c(F)c1. The van der Waals surface area contributed by atoms with E-state index in [9.17, 15) is 18.4 Å². The Morgan fingerprint density at radius 3 is 2.45 bits per heavy atom. The van der Waals surface area contributed by atoms with Gasteiger partial charge in [0, 0.05) is 6.04 Å². The normalized spacial score (nSPS) is 12.0. The van der Waals surface area contributed by atoms with Gasteiger partial charge in [-0.2, -0.15) is 0 Å². The molecule has 0 saturated heterocycles. The lowest BCUT2D eigenvalue weighted by molar-refractivity contribution is -0.145. The number of halogens is 2. The van der Waals surface area contributed by atoms with Crippen LogP contribution in [0.2, 0.25) is 0 Å². The van der Waals surface area contributed by atoms with Gasteiger partial charge in [-0.25, -0.2) is 8.78 Å². The van der Waals surface area contributed by atoms with Crippen LogP contribution in [-0.4, -0.2) is 34.5 Å². The first kappa shape index (κ1) is 16.1. The molecule has 4 nitrogen and oxygen atoms in total. The van der Waals surface area contributed by atoms with Crippen molar-refractivity contribution in [3.63, 3.8) is 0 Å². The molecule has 0 fully saturated rings. The fourth-order valence-electron chi connectivity index (χ4n) is 1.78. The van der Waals surface area contributed by atoms with Crippen molar-refractivity contribution >= 4 is 11.9 Å². The number of carbonyl (C=O) groups is 2. The van der Waals surface area contributed by atoms with Gasteiger partial charge < -0.3 is 10.0 Å². The maximum atomic E-state index is 13.1. The van der Waals surface area contributed by atoms with Gasteiger partial charge in [0.2, 0.25) is 5.91 Å². The number of carboxylic acids is 1. The second-order valence-corrected chi connectivity index (χ2v) is 4.60. The van der Waals surface area contributed by atoms with Crippen molar-refractivity contribution in [1.29, 1.82) is 0 Å². The van der Waals surface area contributed by atoms with Crippen molar-refractivity contribution in [3.05, 3.63) is 35.4 Å². The first-order valence-electron chi connectivity index (χ1n) is 6.30. The Labute approximate surface area is 116 Å². The Hall–Kier alpha value is -1.98. The Balaban J connectivity index is 2.84. The predicted molar refractivity (Wildman–Crippen MR) is 69.2 cm³/mol. The van der Waals surface area contributed by atoms with Gasteiger partial charge in [0.1, 0.15) is 6.54 Å². The van der Waals surface area contributed by atoms with Crippen LogP contribution in [0.15, 0.2) is 18.2 Å². The molecule has 0 radical (unpaired) electrons. The average Bonchev–Trinajstić information content (AvgIpc) is 2.39. The molecule has 1 atom stereocenters. The van der Waals surface area contributed by atoms with E-state index < -0.39 is 30.1 Å². The first-order valence-corrected chi connectivity index (χ1v) is 6.30. The standard InChI is InChI=1S/C14H17F2NO3/c1-3-9(2)17(8-14(19)20)13(18)7-10-4-5-11(15)12(16)6-10/h4-6,9H,3,7-8H2,1-2H3,(H,19,20). The molecule has 6 heteroatoms. The highest BCUT2D eigenvalue weighted by atomic mass is 19.2. The van der Waals surface area contributed by atoms with Gasteiger partial charge >= 0.3 is 5.97 Å². The van der Waals surface area contributed by atoms with Crippen molar-refractivity contribution in [2.45, 2.75) is 32.7 Å². The largest absolute Gasteiger partial charge is 0.480 e. The number of nitrogens with zero attached hydrogens (tertiary/aromatic N) is 1. The molecule has 0 heterocycles. The molecule has 1 rings (SSSR count). The van der Waals surface area contributed by atoms with Gasteiger partial charge in [0.25, 0.3) is 0 Å². The molecule has 1 aromatic rings. The summed E-state index contributed by atoms with van der Waals surface area (Å²) >= 11 is 0. The van der Waals surface area contributed by atoms with Crippen LogP contribution in [0.1, 0.15) is 25.8 Å². The molecule has 0 aliphatic heterocycles. The molecule has 0 aromatic heterocycles. The summed E-state index contributed by atoms with van der Waals surface area (Å²) in [7, 11) is 0. The third-order valence-electron chi connectivity index (χ3n) is 3.09. The number of carbonyl (C=O) groups excluding carboxylic acids is 1. The predicted octanol–water partition coefficient (Wildman–Crippen LogP) is 2.22. The second kappa shape index (κ2) is 6.98. The summed E-state index contributed by atoms with van der Waals surface area (Å²) in [6.07, 6.45) is 0.450. The fraction of sp³-hybridized carbons (Fsp3) is 0.429. The number of rotatable bonds is 6. The quantitative estimate of drug-likeness (QED) is 0.872. The summed E-state index contributed by atoms with van der Waals surface area (Å²) in [5.41, 5.74) is 0.313. The maximum absolute atomic E-state index is 13.1. The number of hydrogen-bond acceptors (Lipinski definition) is 2. The van der Waals surface area contributed by atoms with Gasteiger partial charge in [-0.1, -0.05) is 13.0 Å². The lowest BCUT2D eigenvalue weighted by Gasteiger charge is -2.27. The molecule has 1 amide bonds. The second-order valence-electron chi connectivity index (χ2n) is 4.60. The Morgan fingerprint density at radius 2 is 1.95 bits per heavy atom. The molecule has 0 saturated carbocycles. The molecular weight excluding hydrogens is 268 g/mol. The molecule has 1 N–H and O–H groups in total. The van der Waals surface area contributed by atoms with E-state index in [0.717, 1.165) is 12.1 Å². The molecular formula is C14H17F2NO3. The third kappa shape index (κ3) is 4.29. The Bertz CT molecular complexity index is 505. The van der Waals surface area contributed by atoms with E-state index in [1.165, 1.54) is 11.0 Å². The van der Waals surface area contributed by atoms with Gasteiger partial charge in [-0.3, -0.25) is 9.59 Å². The minimum atomic E-state index is -1.11. The van der Waals surface area contributed by atoms with Crippen molar-refractivity contribution in [1.82, 2.24) is 4.90 Å². The fourth-order valence-corrected chi connectivity index (χ4v) is 1.78. The highest BCUT2D eigenvalue weighted by molar-refractivity contribution is 5.83. The molecule has 0 spiro atoms. The zero-order chi connectivity index (χ0) is 15.3. The average molecular weight is 285 g/mol. The maximum Gasteiger partial charge on any atom is 0.323 e. The van der Waals surface area contributed by atoms with Crippen molar-refractivity contribution in [3.8, 4) is 0 Å². The van der Waals surface area contributed by atoms with Crippen LogP contribution in [-0.2, 0) is 16.0 Å². The van der Waals surface area contributed by atoms with Crippen molar-refractivity contribution in [2.24, 2.45) is 0 Å². The minimum absolute atomic E-state index is 0.158. The van der Waals surface area contributed by atoms with E-state index in [1.807, 2.05) is 6.92 Å². The minimum Gasteiger partial charge on any atom is -0.480 e. The highest BCUT2D eigenvalue weighted by Gasteiger charge is 2.21. The molecule has 20 heavy (non-hydrogen) atoms. The van der Waals surface area contributed by atoms with Crippen molar-refractivity contribution < 1.29 is 23.5 Å². The van der Waals surface area contributed by atoms with E-state index in [2.05, 4.69) is 0 Å². The van der Waals surface area contributed by atoms with Gasteiger partial charge in [-0.05, 0) is 31.0 Å². The van der Waals surface area contributed by atoms with E-state index in [-0.39, 0.29) is 12.5 Å². The lowest BCUT2D eigenvalue weighted by Crippen LogP contribution is -2.42. The zero-order valence-corrected chi connectivity index (χ0v) is 11.4. The van der Waals surface area contributed by atoms with E-state index in [0.29, 0.717) is 12.0 Å². The van der Waals surface area contributed by atoms with Crippen LogP contribution >= 0.6 is 0 Å². The molecule has 0 bridgehead atoms. The van der Waals surface area contributed by atoms with E-state index >= 15 is 0 Å². The summed E-state index contributed by atoms with van der Waals surface area (Å²) in [5, 5.41) is 8.82. The highest BCUT2D eigenvalue weighted by Crippen LogP contribution is 2.12. The van der Waals surface area contributed by atoms with Crippen LogP contribution < -0.4 is 0 Å². The molecule has 110 valence electrons. The monoisotopic (exact) mass is 285 g/mol. The van der Waals surface area contributed by atoms with Gasteiger partial charge in [0.15, 0.2) is 11.6 Å². The van der Waals surface area contributed by atoms with Crippen LogP contribution in [0.3, 0.4) is 0 Å². The summed E-state index contributed by atoms with van der Waals surface area (Å²) in [4.78, 5) is 24.1. The number of carboxylic acid groups (broad SMARTS) is 1. The summed E-state index contributed by atoms with van der Waals surface area (Å²) in [5.74, 6) is -3.54. The van der Waals surface area contributed by atoms with E-state index in [1.54, 1.807) is 6.92 Å². The Kier molecular flexibility index (Phi) is 5.61. The topological polar surface area (TPSA) is 57.6 Å². The summed E-state index contributed by atoms with van der Waals surface area (Å²) < 4.78 is 25.9. The zero-order valence-electron chi connectivity index (χ0n) is 11.4. The summed E-state index contributed by atoms with van der Waals surface area (Å²) in [6.45, 7) is 3.17. The number of amides is 1. The van der Waals surface area contributed by atoms with Crippen LogP contribution in [0.5, 0.6) is 0 Å². The molecule has 1 unspecified atom stereocenters. The van der Waals surface area contributed by atoms with Gasteiger partial charge in [-0.15, -0.1) is 0 Å².